The normalized spacial score (nSPS) is 11.3. The second kappa shape index (κ2) is 8.46. The van der Waals surface area contributed by atoms with Gasteiger partial charge in [0.1, 0.15) is 11.5 Å². The predicted octanol–water partition coefficient (Wildman–Crippen LogP) is 5.85. The Bertz CT molecular complexity index is 551. The van der Waals surface area contributed by atoms with Crippen molar-refractivity contribution in [1.29, 1.82) is 0 Å². The average Bonchev–Trinajstić information content (AvgIpc) is 2.92. The molecule has 0 radical (unpaired) electrons. The van der Waals surface area contributed by atoms with Gasteiger partial charge in [-0.2, -0.15) is 0 Å². The van der Waals surface area contributed by atoms with Gasteiger partial charge in [-0.15, -0.1) is 0 Å². The number of furan rings is 1. The van der Waals surface area contributed by atoms with E-state index in [2.05, 4.69) is 36.2 Å². The number of benzene rings is 1. The average molecular weight is 283 g/mol. The Kier molecular flexibility index (Phi) is 6.26. The topological polar surface area (TPSA) is 25.5 Å². The van der Waals surface area contributed by atoms with Gasteiger partial charge < -0.3 is 4.42 Å². The standard InChI is InChI=1S/C19H25NO/c1-3-4-5-6-7-8-17-10-12-18(13-11-17)20-15-19-14-9-16(2)21-19/h9-15H,3-8H2,1-2H3. The first-order chi connectivity index (χ1) is 10.3. The molecule has 2 rings (SSSR count). The van der Waals surface area contributed by atoms with Crippen LogP contribution in [-0.4, -0.2) is 6.21 Å². The lowest BCUT2D eigenvalue weighted by atomic mass is 10.1. The molecule has 0 aliphatic carbocycles. The van der Waals surface area contributed by atoms with Gasteiger partial charge in [-0.05, 0) is 49.6 Å². The third-order valence-corrected chi connectivity index (χ3v) is 3.61. The van der Waals surface area contributed by atoms with Crippen molar-refractivity contribution in [3.8, 4) is 0 Å². The predicted molar refractivity (Wildman–Crippen MR) is 89.6 cm³/mol. The van der Waals surface area contributed by atoms with Crippen molar-refractivity contribution in [1.82, 2.24) is 0 Å². The quantitative estimate of drug-likeness (QED) is 0.440. The zero-order valence-electron chi connectivity index (χ0n) is 13.1. The molecule has 2 nitrogen and oxygen atoms in total. The molecule has 0 bridgehead atoms. The molecule has 0 aliphatic rings. The van der Waals surface area contributed by atoms with Crippen LogP contribution in [-0.2, 0) is 6.42 Å². The van der Waals surface area contributed by atoms with E-state index >= 15 is 0 Å². The minimum Gasteiger partial charge on any atom is -0.460 e. The number of hydrogen-bond acceptors (Lipinski definition) is 2. The first kappa shape index (κ1) is 15.6. The van der Waals surface area contributed by atoms with Crippen molar-refractivity contribution in [2.24, 2.45) is 4.99 Å². The first-order valence-corrected chi connectivity index (χ1v) is 7.97. The minimum atomic E-state index is 0.799. The Morgan fingerprint density at radius 1 is 0.952 bits per heavy atom. The molecule has 0 saturated carbocycles. The summed E-state index contributed by atoms with van der Waals surface area (Å²) in [6.45, 7) is 4.19. The molecule has 2 aromatic rings. The number of aliphatic imine (C=N–C) groups is 1. The summed E-state index contributed by atoms with van der Waals surface area (Å²) in [7, 11) is 0. The molecule has 0 saturated heterocycles. The molecule has 1 aromatic carbocycles. The zero-order valence-corrected chi connectivity index (χ0v) is 13.1. The Hall–Kier alpha value is -1.83. The Morgan fingerprint density at radius 2 is 1.71 bits per heavy atom. The van der Waals surface area contributed by atoms with Gasteiger partial charge in [0, 0.05) is 0 Å². The Labute approximate surface area is 127 Å². The van der Waals surface area contributed by atoms with E-state index in [0.717, 1.165) is 17.2 Å². The Morgan fingerprint density at radius 3 is 2.38 bits per heavy atom. The fraction of sp³-hybridized carbons (Fsp3) is 0.421. The van der Waals surface area contributed by atoms with Crippen LogP contribution in [0.3, 0.4) is 0 Å². The maximum atomic E-state index is 5.46. The summed E-state index contributed by atoms with van der Waals surface area (Å²) in [5.41, 5.74) is 2.37. The van der Waals surface area contributed by atoms with Crippen LogP contribution in [0.25, 0.3) is 0 Å². The van der Waals surface area contributed by atoms with E-state index in [-0.39, 0.29) is 0 Å². The van der Waals surface area contributed by atoms with E-state index in [1.165, 1.54) is 44.1 Å². The van der Waals surface area contributed by atoms with Crippen LogP contribution in [0.1, 0.15) is 56.1 Å². The van der Waals surface area contributed by atoms with E-state index < -0.39 is 0 Å². The number of hydrogen-bond donors (Lipinski definition) is 0. The molecule has 112 valence electrons. The highest BCUT2D eigenvalue weighted by Gasteiger charge is 1.96. The summed E-state index contributed by atoms with van der Waals surface area (Å²) in [6, 6.07) is 12.4. The third kappa shape index (κ3) is 5.58. The lowest BCUT2D eigenvalue weighted by Crippen LogP contribution is -1.85. The molecule has 0 unspecified atom stereocenters. The summed E-state index contributed by atoms with van der Waals surface area (Å²) in [5, 5.41) is 0. The van der Waals surface area contributed by atoms with Gasteiger partial charge in [0.05, 0.1) is 11.9 Å². The van der Waals surface area contributed by atoms with Crippen LogP contribution < -0.4 is 0 Å². The van der Waals surface area contributed by atoms with Crippen molar-refractivity contribution in [2.45, 2.75) is 52.4 Å². The van der Waals surface area contributed by atoms with E-state index in [0.29, 0.717) is 0 Å². The smallest absolute Gasteiger partial charge is 0.145 e. The number of nitrogens with zero attached hydrogens (tertiary/aromatic N) is 1. The lowest BCUT2D eigenvalue weighted by molar-refractivity contribution is 0.528. The molecule has 0 spiro atoms. The van der Waals surface area contributed by atoms with Gasteiger partial charge in [-0.1, -0.05) is 44.7 Å². The lowest BCUT2D eigenvalue weighted by Gasteiger charge is -2.02. The van der Waals surface area contributed by atoms with Crippen LogP contribution in [0.15, 0.2) is 45.8 Å². The number of rotatable bonds is 8. The van der Waals surface area contributed by atoms with Gasteiger partial charge in [-0.25, -0.2) is 0 Å². The highest BCUT2D eigenvalue weighted by atomic mass is 16.3. The number of aryl methyl sites for hydroxylation is 2. The first-order valence-electron chi connectivity index (χ1n) is 7.97. The van der Waals surface area contributed by atoms with E-state index in [4.69, 9.17) is 4.42 Å². The van der Waals surface area contributed by atoms with Gasteiger partial charge in [-0.3, -0.25) is 4.99 Å². The molecule has 0 atom stereocenters. The van der Waals surface area contributed by atoms with Gasteiger partial charge in [0.15, 0.2) is 0 Å². The van der Waals surface area contributed by atoms with Crippen LogP contribution in [0.5, 0.6) is 0 Å². The van der Waals surface area contributed by atoms with E-state index in [1.807, 2.05) is 19.1 Å². The highest BCUT2D eigenvalue weighted by molar-refractivity contribution is 5.78. The molecular weight excluding hydrogens is 258 g/mol. The minimum absolute atomic E-state index is 0.799. The highest BCUT2D eigenvalue weighted by Crippen LogP contribution is 2.16. The molecule has 1 heterocycles. The fourth-order valence-electron chi connectivity index (χ4n) is 2.34. The van der Waals surface area contributed by atoms with Crippen molar-refractivity contribution in [2.75, 3.05) is 0 Å². The summed E-state index contributed by atoms with van der Waals surface area (Å²) in [6.07, 6.45) is 9.60. The fourth-order valence-corrected chi connectivity index (χ4v) is 2.34. The van der Waals surface area contributed by atoms with Crippen LogP contribution >= 0.6 is 0 Å². The van der Waals surface area contributed by atoms with Gasteiger partial charge in [0.2, 0.25) is 0 Å². The van der Waals surface area contributed by atoms with Crippen molar-refractivity contribution < 1.29 is 4.42 Å². The second-order valence-corrected chi connectivity index (χ2v) is 5.54. The summed E-state index contributed by atoms with van der Waals surface area (Å²) < 4.78 is 5.46. The van der Waals surface area contributed by atoms with Crippen LogP contribution in [0, 0.1) is 6.92 Å². The summed E-state index contributed by atoms with van der Waals surface area (Å²) in [4.78, 5) is 4.43. The molecule has 2 heteroatoms. The van der Waals surface area contributed by atoms with E-state index in [9.17, 15) is 0 Å². The molecule has 0 fully saturated rings. The molecule has 0 amide bonds. The summed E-state index contributed by atoms with van der Waals surface area (Å²) >= 11 is 0. The molecular formula is C19H25NO. The number of unbranched alkanes of at least 4 members (excludes halogenated alkanes) is 4. The van der Waals surface area contributed by atoms with Crippen LogP contribution in [0.2, 0.25) is 0 Å². The zero-order chi connectivity index (χ0) is 14.9. The largest absolute Gasteiger partial charge is 0.460 e. The molecule has 21 heavy (non-hydrogen) atoms. The third-order valence-electron chi connectivity index (χ3n) is 3.61. The monoisotopic (exact) mass is 283 g/mol. The second-order valence-electron chi connectivity index (χ2n) is 5.54. The van der Waals surface area contributed by atoms with E-state index in [1.54, 1.807) is 6.21 Å². The van der Waals surface area contributed by atoms with Crippen molar-refractivity contribution in [3.63, 3.8) is 0 Å². The van der Waals surface area contributed by atoms with Crippen molar-refractivity contribution in [3.05, 3.63) is 53.5 Å². The maximum absolute atomic E-state index is 5.46. The van der Waals surface area contributed by atoms with Gasteiger partial charge >= 0.3 is 0 Å². The SMILES string of the molecule is CCCCCCCc1ccc(N=Cc2ccc(C)o2)cc1. The van der Waals surface area contributed by atoms with Gasteiger partial charge in [0.25, 0.3) is 0 Å². The summed E-state index contributed by atoms with van der Waals surface area (Å²) in [5.74, 6) is 1.71. The molecule has 0 aliphatic heterocycles. The maximum Gasteiger partial charge on any atom is 0.145 e. The van der Waals surface area contributed by atoms with Crippen molar-refractivity contribution >= 4 is 11.9 Å². The molecule has 0 N–H and O–H groups in total. The molecule has 1 aromatic heterocycles. The Balaban J connectivity index is 1.80. The van der Waals surface area contributed by atoms with Crippen LogP contribution in [0.4, 0.5) is 5.69 Å².